The molecule has 3 amide bonds. The molecule has 0 aromatic heterocycles. The van der Waals surface area contributed by atoms with Crippen LogP contribution in [-0.2, 0) is 4.79 Å². The summed E-state index contributed by atoms with van der Waals surface area (Å²) in [6.07, 6.45) is 3.13. The highest BCUT2D eigenvalue weighted by Gasteiger charge is 2.52. The molecule has 4 rings (SSSR count). The number of urea groups is 1. The van der Waals surface area contributed by atoms with E-state index < -0.39 is 5.54 Å². The Kier molecular flexibility index (Phi) is 4.03. The number of aliphatic hydroxyl groups is 1. The van der Waals surface area contributed by atoms with Crippen molar-refractivity contribution in [1.29, 1.82) is 0 Å². The van der Waals surface area contributed by atoms with Crippen LogP contribution in [-0.4, -0.2) is 59.8 Å². The van der Waals surface area contributed by atoms with E-state index in [-0.39, 0.29) is 24.6 Å². The summed E-state index contributed by atoms with van der Waals surface area (Å²) in [5, 5.41) is 12.4. The number of fused-ring (bicyclic) bond motifs is 1. The second-order valence-corrected chi connectivity index (χ2v) is 7.01. The summed E-state index contributed by atoms with van der Waals surface area (Å²) in [6.45, 7) is 1.31. The van der Waals surface area contributed by atoms with Gasteiger partial charge in [-0.05, 0) is 25.0 Å². The zero-order valence-corrected chi connectivity index (χ0v) is 14.1. The maximum Gasteiger partial charge on any atom is 0.325 e. The molecule has 1 aromatic rings. The van der Waals surface area contributed by atoms with Crippen molar-refractivity contribution >= 4 is 17.6 Å². The highest BCUT2D eigenvalue weighted by Crippen LogP contribution is 2.36. The zero-order chi connectivity index (χ0) is 17.4. The van der Waals surface area contributed by atoms with Crippen molar-refractivity contribution in [3.05, 3.63) is 24.3 Å². The molecule has 0 bridgehead atoms. The van der Waals surface area contributed by atoms with Crippen LogP contribution in [0.1, 0.15) is 25.7 Å². The van der Waals surface area contributed by atoms with Gasteiger partial charge in [0.05, 0.1) is 18.8 Å². The minimum atomic E-state index is -0.659. The predicted molar refractivity (Wildman–Crippen MR) is 91.6 cm³/mol. The summed E-state index contributed by atoms with van der Waals surface area (Å²) in [5.74, 6) is 0.632. The number of nitrogens with zero attached hydrogens (tertiary/aromatic N) is 2. The number of anilines is 1. The van der Waals surface area contributed by atoms with Gasteiger partial charge in [0.25, 0.3) is 5.91 Å². The molecule has 7 nitrogen and oxygen atoms in total. The van der Waals surface area contributed by atoms with Crippen LogP contribution in [0.4, 0.5) is 10.5 Å². The molecule has 2 N–H and O–H groups in total. The van der Waals surface area contributed by atoms with E-state index in [4.69, 9.17) is 4.74 Å². The standard InChI is InChI=1S/C18H23N3O4/c22-12-13-11-20(14-5-1-2-6-15(14)25-13)9-10-21-16(23)18(19-17(21)24)7-3-4-8-18/h1-2,5-6,13,22H,3-4,7-12H2,(H,19,24). The topological polar surface area (TPSA) is 82.1 Å². The quantitative estimate of drug-likeness (QED) is 0.799. The first-order valence-corrected chi connectivity index (χ1v) is 8.88. The Hall–Kier alpha value is -2.28. The highest BCUT2D eigenvalue weighted by atomic mass is 16.5. The Morgan fingerprint density at radius 3 is 2.72 bits per heavy atom. The van der Waals surface area contributed by atoms with Crippen molar-refractivity contribution < 1.29 is 19.4 Å². The molecule has 1 aliphatic carbocycles. The Labute approximate surface area is 146 Å². The average Bonchev–Trinajstić information content (AvgIpc) is 3.19. The maximum atomic E-state index is 12.7. The molecule has 134 valence electrons. The first-order valence-electron chi connectivity index (χ1n) is 8.88. The second-order valence-electron chi connectivity index (χ2n) is 7.01. The number of para-hydroxylation sites is 2. The lowest BCUT2D eigenvalue weighted by atomic mass is 9.98. The van der Waals surface area contributed by atoms with Crippen molar-refractivity contribution in [2.75, 3.05) is 31.1 Å². The van der Waals surface area contributed by atoms with Gasteiger partial charge in [-0.15, -0.1) is 0 Å². The SMILES string of the molecule is O=C1NC2(CCCC2)C(=O)N1CCN1CC(CO)Oc2ccccc21. The molecule has 2 heterocycles. The summed E-state index contributed by atoms with van der Waals surface area (Å²) in [7, 11) is 0. The van der Waals surface area contributed by atoms with Crippen LogP contribution in [0.15, 0.2) is 24.3 Å². The Morgan fingerprint density at radius 1 is 1.20 bits per heavy atom. The lowest BCUT2D eigenvalue weighted by molar-refractivity contribution is -0.131. The van der Waals surface area contributed by atoms with E-state index in [1.807, 2.05) is 24.3 Å². The number of aliphatic hydroxyl groups excluding tert-OH is 1. The van der Waals surface area contributed by atoms with Gasteiger partial charge in [-0.1, -0.05) is 25.0 Å². The van der Waals surface area contributed by atoms with Crippen LogP contribution in [0.25, 0.3) is 0 Å². The number of carbonyl (C=O) groups excluding carboxylic acids is 2. The molecule has 25 heavy (non-hydrogen) atoms. The van der Waals surface area contributed by atoms with Crippen molar-refractivity contribution in [3.8, 4) is 5.75 Å². The normalized spacial score (nSPS) is 24.4. The van der Waals surface area contributed by atoms with Gasteiger partial charge in [-0.25, -0.2) is 4.79 Å². The van der Waals surface area contributed by atoms with E-state index in [1.165, 1.54) is 4.90 Å². The molecule has 1 atom stereocenters. The number of rotatable bonds is 4. The molecule has 0 radical (unpaired) electrons. The fourth-order valence-corrected chi connectivity index (χ4v) is 4.10. The summed E-state index contributed by atoms with van der Waals surface area (Å²) in [6, 6.07) is 7.35. The lowest BCUT2D eigenvalue weighted by Gasteiger charge is -2.36. The van der Waals surface area contributed by atoms with Gasteiger partial charge in [0, 0.05) is 13.1 Å². The third kappa shape index (κ3) is 2.72. The number of imide groups is 1. The third-order valence-electron chi connectivity index (χ3n) is 5.42. The van der Waals surface area contributed by atoms with Crippen LogP contribution in [0.2, 0.25) is 0 Å². The number of hydrogen-bond acceptors (Lipinski definition) is 5. The van der Waals surface area contributed by atoms with Crippen molar-refractivity contribution in [3.63, 3.8) is 0 Å². The summed E-state index contributed by atoms with van der Waals surface area (Å²) in [4.78, 5) is 28.4. The van der Waals surface area contributed by atoms with E-state index in [0.717, 1.165) is 37.1 Å². The fourth-order valence-electron chi connectivity index (χ4n) is 4.10. The first-order chi connectivity index (χ1) is 12.1. The minimum absolute atomic E-state index is 0.0723. The van der Waals surface area contributed by atoms with Crippen LogP contribution in [0.5, 0.6) is 5.75 Å². The van der Waals surface area contributed by atoms with E-state index in [2.05, 4.69) is 10.2 Å². The molecule has 1 saturated heterocycles. The molecular weight excluding hydrogens is 322 g/mol. The van der Waals surface area contributed by atoms with Gasteiger partial charge in [-0.2, -0.15) is 0 Å². The Bertz CT molecular complexity index is 687. The number of hydrogen-bond donors (Lipinski definition) is 2. The van der Waals surface area contributed by atoms with Crippen molar-refractivity contribution in [2.24, 2.45) is 0 Å². The third-order valence-corrected chi connectivity index (χ3v) is 5.42. The number of benzene rings is 1. The smallest absolute Gasteiger partial charge is 0.325 e. The van der Waals surface area contributed by atoms with Crippen LogP contribution >= 0.6 is 0 Å². The van der Waals surface area contributed by atoms with E-state index in [0.29, 0.717) is 19.6 Å². The molecule has 1 saturated carbocycles. The molecular formula is C18H23N3O4. The van der Waals surface area contributed by atoms with Crippen molar-refractivity contribution in [1.82, 2.24) is 10.2 Å². The molecule has 3 aliphatic rings. The maximum absolute atomic E-state index is 12.7. The van der Waals surface area contributed by atoms with E-state index in [1.54, 1.807) is 0 Å². The summed E-state index contributed by atoms with van der Waals surface area (Å²) >= 11 is 0. The summed E-state index contributed by atoms with van der Waals surface area (Å²) in [5.41, 5.74) is 0.267. The van der Waals surface area contributed by atoms with Gasteiger partial charge in [0.1, 0.15) is 17.4 Å². The lowest BCUT2D eigenvalue weighted by Crippen LogP contribution is -2.47. The number of ether oxygens (including phenoxy) is 1. The number of nitrogens with one attached hydrogen (secondary N) is 1. The minimum Gasteiger partial charge on any atom is -0.484 e. The highest BCUT2D eigenvalue weighted by molar-refractivity contribution is 6.07. The van der Waals surface area contributed by atoms with Gasteiger partial charge >= 0.3 is 6.03 Å². The van der Waals surface area contributed by atoms with Crippen molar-refractivity contribution in [2.45, 2.75) is 37.3 Å². The Morgan fingerprint density at radius 2 is 1.96 bits per heavy atom. The number of carbonyl (C=O) groups is 2. The first kappa shape index (κ1) is 16.2. The zero-order valence-electron chi connectivity index (χ0n) is 14.1. The second kappa shape index (κ2) is 6.22. The average molecular weight is 345 g/mol. The van der Waals surface area contributed by atoms with Crippen LogP contribution in [0.3, 0.4) is 0 Å². The van der Waals surface area contributed by atoms with E-state index >= 15 is 0 Å². The van der Waals surface area contributed by atoms with Crippen LogP contribution < -0.4 is 15.0 Å². The Balaban J connectivity index is 1.48. The predicted octanol–water partition coefficient (Wildman–Crippen LogP) is 1.11. The van der Waals surface area contributed by atoms with Crippen LogP contribution in [0, 0.1) is 0 Å². The molecule has 2 aliphatic heterocycles. The molecule has 1 aromatic carbocycles. The molecule has 2 fully saturated rings. The summed E-state index contributed by atoms with van der Waals surface area (Å²) < 4.78 is 5.75. The van der Waals surface area contributed by atoms with Gasteiger partial charge in [-0.3, -0.25) is 9.69 Å². The van der Waals surface area contributed by atoms with Gasteiger partial charge < -0.3 is 20.1 Å². The van der Waals surface area contributed by atoms with Gasteiger partial charge in [0.15, 0.2) is 0 Å². The molecule has 1 unspecified atom stereocenters. The van der Waals surface area contributed by atoms with E-state index in [9.17, 15) is 14.7 Å². The monoisotopic (exact) mass is 345 g/mol. The fraction of sp³-hybridized carbons (Fsp3) is 0.556. The van der Waals surface area contributed by atoms with Gasteiger partial charge in [0.2, 0.25) is 0 Å². The molecule has 1 spiro atoms. The largest absolute Gasteiger partial charge is 0.484 e. The number of amides is 3. The molecule has 7 heteroatoms.